The first kappa shape index (κ1) is 26.6. The van der Waals surface area contributed by atoms with Crippen LogP contribution in [0, 0.1) is 5.92 Å². The molecular formula is C26H27Cl2F3N2O3. The first-order chi connectivity index (χ1) is 17.1. The van der Waals surface area contributed by atoms with Gasteiger partial charge in [-0.15, -0.1) is 0 Å². The average Bonchev–Trinajstić information content (AvgIpc) is 3.20. The predicted molar refractivity (Wildman–Crippen MR) is 132 cm³/mol. The summed E-state index contributed by atoms with van der Waals surface area (Å²) in [5, 5.41) is 2.58. The summed E-state index contributed by atoms with van der Waals surface area (Å²) in [5.41, 5.74) is 2.20. The van der Waals surface area contributed by atoms with Crippen molar-refractivity contribution in [1.29, 1.82) is 0 Å². The van der Waals surface area contributed by atoms with E-state index in [1.165, 1.54) is 31.4 Å². The zero-order valence-electron chi connectivity index (χ0n) is 19.5. The molecule has 1 aliphatic heterocycles. The van der Waals surface area contributed by atoms with Gasteiger partial charge in [0.1, 0.15) is 12.3 Å². The van der Waals surface area contributed by atoms with E-state index in [0.717, 1.165) is 42.5 Å². The third-order valence-corrected chi connectivity index (χ3v) is 7.46. The zero-order chi connectivity index (χ0) is 25.9. The van der Waals surface area contributed by atoms with Crippen molar-refractivity contribution < 1.29 is 27.5 Å². The van der Waals surface area contributed by atoms with Crippen molar-refractivity contribution in [3.05, 3.63) is 52.0 Å². The topological polar surface area (TPSA) is 58.6 Å². The molecule has 36 heavy (non-hydrogen) atoms. The molecule has 1 heterocycles. The van der Waals surface area contributed by atoms with Crippen LogP contribution >= 0.6 is 23.2 Å². The molecule has 0 bridgehead atoms. The van der Waals surface area contributed by atoms with E-state index in [1.807, 2.05) is 4.90 Å². The maximum absolute atomic E-state index is 13.1. The number of alkyl halides is 3. The first-order valence-electron chi connectivity index (χ1n) is 12.0. The molecule has 5 nitrogen and oxygen atoms in total. The second-order valence-electron chi connectivity index (χ2n) is 9.31. The van der Waals surface area contributed by atoms with Crippen LogP contribution in [0.3, 0.4) is 0 Å². The molecule has 4 rings (SSSR count). The fourth-order valence-corrected chi connectivity index (χ4v) is 5.59. The first-order valence-corrected chi connectivity index (χ1v) is 12.8. The van der Waals surface area contributed by atoms with Crippen LogP contribution in [-0.2, 0) is 11.2 Å². The number of hydrogen-bond donors (Lipinski definition) is 1. The van der Waals surface area contributed by atoms with E-state index in [1.54, 1.807) is 29.6 Å². The number of halogens is 5. The number of carbonyl (C=O) groups is 2. The van der Waals surface area contributed by atoms with Gasteiger partial charge in [-0.25, -0.2) is 4.79 Å². The number of carbonyl (C=O) groups excluding carboxylic acids is 2. The third-order valence-electron chi connectivity index (χ3n) is 6.79. The Morgan fingerprint density at radius 2 is 1.64 bits per heavy atom. The average molecular weight is 543 g/mol. The molecule has 2 aliphatic rings. The van der Waals surface area contributed by atoms with Crippen LogP contribution in [-0.4, -0.2) is 42.2 Å². The Bertz CT molecular complexity index is 1080. The smallest absolute Gasteiger partial charge is 0.410 e. The Morgan fingerprint density at radius 1 is 1.00 bits per heavy atom. The molecule has 1 N–H and O–H groups in total. The van der Waals surface area contributed by atoms with Gasteiger partial charge in [0.05, 0.1) is 0 Å². The van der Waals surface area contributed by atoms with E-state index < -0.39 is 18.8 Å². The highest BCUT2D eigenvalue weighted by Gasteiger charge is 2.36. The van der Waals surface area contributed by atoms with Crippen molar-refractivity contribution in [3.8, 4) is 16.9 Å². The van der Waals surface area contributed by atoms with E-state index in [-0.39, 0.29) is 17.6 Å². The number of nitrogens with one attached hydrogen (secondary N) is 1. The van der Waals surface area contributed by atoms with Crippen molar-refractivity contribution in [2.24, 2.45) is 5.92 Å². The van der Waals surface area contributed by atoms with E-state index in [0.29, 0.717) is 22.5 Å². The van der Waals surface area contributed by atoms with Crippen molar-refractivity contribution >= 4 is 35.2 Å². The molecule has 0 radical (unpaired) electrons. The third kappa shape index (κ3) is 6.65. The molecule has 2 aromatic rings. The zero-order valence-corrected chi connectivity index (χ0v) is 21.1. The van der Waals surface area contributed by atoms with Crippen LogP contribution < -0.4 is 10.1 Å². The van der Waals surface area contributed by atoms with Gasteiger partial charge in [-0.1, -0.05) is 54.6 Å². The highest BCUT2D eigenvalue weighted by atomic mass is 35.5. The molecule has 10 heteroatoms. The van der Waals surface area contributed by atoms with Crippen molar-refractivity contribution in [2.75, 3.05) is 13.1 Å². The van der Waals surface area contributed by atoms with E-state index in [2.05, 4.69) is 0 Å². The minimum atomic E-state index is -4.52. The summed E-state index contributed by atoms with van der Waals surface area (Å²) in [7, 11) is 0. The molecule has 2 amide bonds. The number of hydrogen-bond acceptors (Lipinski definition) is 3. The Kier molecular flexibility index (Phi) is 8.35. The van der Waals surface area contributed by atoms with Crippen LogP contribution in [0.2, 0.25) is 10.0 Å². The second kappa shape index (κ2) is 11.3. The molecule has 2 fully saturated rings. The highest BCUT2D eigenvalue weighted by molar-refractivity contribution is 6.36. The molecule has 1 atom stereocenters. The Balaban J connectivity index is 1.39. The maximum atomic E-state index is 13.1. The molecule has 0 spiro atoms. The van der Waals surface area contributed by atoms with E-state index in [9.17, 15) is 22.8 Å². The number of benzene rings is 2. The number of nitrogens with zero attached hydrogens (tertiary/aromatic N) is 1. The number of rotatable bonds is 6. The van der Waals surface area contributed by atoms with Gasteiger partial charge in [0, 0.05) is 28.5 Å². The largest absolute Gasteiger partial charge is 0.412 e. The van der Waals surface area contributed by atoms with Gasteiger partial charge in [-0.2, -0.15) is 13.2 Å². The van der Waals surface area contributed by atoms with E-state index >= 15 is 0 Å². The number of amides is 2. The van der Waals surface area contributed by atoms with Crippen LogP contribution in [0.5, 0.6) is 5.75 Å². The number of ether oxygens (including phenoxy) is 1. The van der Waals surface area contributed by atoms with Crippen LogP contribution in [0.15, 0.2) is 36.4 Å². The summed E-state index contributed by atoms with van der Waals surface area (Å²) >= 11 is 13.2. The predicted octanol–water partition coefficient (Wildman–Crippen LogP) is 7.03. The SMILES string of the molecule is O=C(NCC(F)(F)F)Oc1ccc(-c2cc(Cl)c(CC3CCN(C4CCCCC4)C3=O)c(Cl)c2)cc1. The molecule has 1 aliphatic carbocycles. The van der Waals surface area contributed by atoms with Crippen LogP contribution in [0.1, 0.15) is 44.1 Å². The minimum absolute atomic E-state index is 0.0921. The summed E-state index contributed by atoms with van der Waals surface area (Å²) < 4.78 is 41.5. The monoisotopic (exact) mass is 542 g/mol. The lowest BCUT2D eigenvalue weighted by atomic mass is 9.93. The number of likely N-dealkylation sites (tertiary alicyclic amines) is 1. The van der Waals surface area contributed by atoms with Gasteiger partial charge in [-0.3, -0.25) is 4.79 Å². The van der Waals surface area contributed by atoms with Gasteiger partial charge in [0.25, 0.3) is 0 Å². The fraction of sp³-hybridized carbons (Fsp3) is 0.462. The van der Waals surface area contributed by atoms with Crippen LogP contribution in [0.25, 0.3) is 11.1 Å². The molecular weight excluding hydrogens is 516 g/mol. The lowest BCUT2D eigenvalue weighted by Gasteiger charge is -2.31. The molecule has 2 aromatic carbocycles. The normalized spacial score (nSPS) is 19.0. The van der Waals surface area contributed by atoms with Gasteiger partial charge < -0.3 is 15.0 Å². The van der Waals surface area contributed by atoms with Crippen molar-refractivity contribution in [2.45, 2.75) is 57.2 Å². The Hall–Kier alpha value is -2.45. The fourth-order valence-electron chi connectivity index (χ4n) is 4.95. The van der Waals surface area contributed by atoms with Gasteiger partial charge in [-0.05, 0) is 66.6 Å². The van der Waals surface area contributed by atoms with Gasteiger partial charge >= 0.3 is 12.3 Å². The molecule has 194 valence electrons. The van der Waals surface area contributed by atoms with Crippen molar-refractivity contribution in [3.63, 3.8) is 0 Å². The maximum Gasteiger partial charge on any atom is 0.412 e. The molecule has 0 aromatic heterocycles. The summed E-state index contributed by atoms with van der Waals surface area (Å²) in [5.74, 6) is 0.148. The lowest BCUT2D eigenvalue weighted by molar-refractivity contribution is -0.133. The second-order valence-corrected chi connectivity index (χ2v) is 10.1. The summed E-state index contributed by atoms with van der Waals surface area (Å²) in [6.45, 7) is -0.692. The quantitative estimate of drug-likeness (QED) is 0.426. The lowest BCUT2D eigenvalue weighted by Crippen LogP contribution is -2.39. The minimum Gasteiger partial charge on any atom is -0.410 e. The highest BCUT2D eigenvalue weighted by Crippen LogP contribution is 2.37. The Labute approximate surface area is 217 Å². The van der Waals surface area contributed by atoms with Gasteiger partial charge in [0.2, 0.25) is 5.91 Å². The summed E-state index contributed by atoms with van der Waals surface area (Å²) in [6, 6.07) is 10.1. The van der Waals surface area contributed by atoms with Gasteiger partial charge in [0.15, 0.2) is 0 Å². The molecule has 1 unspecified atom stereocenters. The molecule has 1 saturated heterocycles. The summed E-state index contributed by atoms with van der Waals surface area (Å²) in [6.07, 6.45) is 1.32. The standard InChI is InChI=1S/C26H27Cl2F3N2O3/c27-22-13-18(16-6-8-20(9-7-16)36-25(35)32-15-26(29,30)31)14-23(28)21(22)12-17-10-11-33(24(17)34)19-4-2-1-3-5-19/h6-9,13-14,17,19H,1-5,10-12,15H2,(H,32,35). The van der Waals surface area contributed by atoms with Crippen LogP contribution in [0.4, 0.5) is 18.0 Å². The molecule has 1 saturated carbocycles. The summed E-state index contributed by atoms with van der Waals surface area (Å²) in [4.78, 5) is 26.6. The Morgan fingerprint density at radius 3 is 2.25 bits per heavy atom. The van der Waals surface area contributed by atoms with E-state index in [4.69, 9.17) is 27.9 Å². The van der Waals surface area contributed by atoms with Crippen molar-refractivity contribution in [1.82, 2.24) is 10.2 Å².